The first-order valence-electron chi connectivity index (χ1n) is 9.79. The number of nitrogens with zero attached hydrogens (tertiary/aromatic N) is 5. The molecule has 4 heterocycles. The zero-order chi connectivity index (χ0) is 21.4. The highest BCUT2D eigenvalue weighted by Crippen LogP contribution is 2.43. The molecular weight excluding hydrogens is 390 g/mol. The van der Waals surface area contributed by atoms with Crippen LogP contribution in [-0.2, 0) is 6.42 Å². The van der Waals surface area contributed by atoms with Crippen LogP contribution in [0.2, 0.25) is 0 Å². The number of fused-ring (bicyclic) bond motifs is 1. The van der Waals surface area contributed by atoms with E-state index in [0.717, 1.165) is 33.9 Å². The first-order chi connectivity index (χ1) is 15.2. The number of benzene rings is 1. The van der Waals surface area contributed by atoms with Gasteiger partial charge in [0.1, 0.15) is 17.5 Å². The van der Waals surface area contributed by atoms with Gasteiger partial charge in [-0.05, 0) is 42.3 Å². The van der Waals surface area contributed by atoms with Crippen molar-refractivity contribution in [2.75, 3.05) is 0 Å². The standard InChI is InChI=1S/C23H19N7O/c1-14-27-10-11-30(14)17-4-2-16(3-5-17)20-18(13-24)22(25)31-23-21(20)19(28-29-23)12-15-6-8-26-9-7-15/h2-11,20H,12,25H2,1H3,(H,28,29). The molecule has 0 bridgehead atoms. The first-order valence-corrected chi connectivity index (χ1v) is 9.79. The SMILES string of the molecule is Cc1nccn1-c1ccc(C2C(C#N)=C(N)Oc3[nH]nc(Cc4ccncc4)c32)cc1. The Morgan fingerprint density at radius 1 is 1.16 bits per heavy atom. The van der Waals surface area contributed by atoms with Crippen LogP contribution in [-0.4, -0.2) is 24.7 Å². The third-order valence-corrected chi connectivity index (χ3v) is 5.47. The minimum absolute atomic E-state index is 0.0913. The van der Waals surface area contributed by atoms with Crippen molar-refractivity contribution < 1.29 is 4.74 Å². The number of hydrogen-bond donors (Lipinski definition) is 2. The molecule has 0 saturated carbocycles. The molecule has 0 fully saturated rings. The number of rotatable bonds is 4. The number of allylic oxidation sites excluding steroid dienone is 1. The summed E-state index contributed by atoms with van der Waals surface area (Å²) in [5.74, 6) is 1.09. The highest BCUT2D eigenvalue weighted by molar-refractivity contribution is 5.56. The zero-order valence-electron chi connectivity index (χ0n) is 16.8. The van der Waals surface area contributed by atoms with Crippen LogP contribution in [0.25, 0.3) is 5.69 Å². The molecule has 8 nitrogen and oxygen atoms in total. The van der Waals surface area contributed by atoms with Gasteiger partial charge >= 0.3 is 0 Å². The number of aromatic nitrogens is 5. The monoisotopic (exact) mass is 409 g/mol. The summed E-state index contributed by atoms with van der Waals surface area (Å²) >= 11 is 0. The molecule has 8 heteroatoms. The molecule has 4 aromatic rings. The molecule has 152 valence electrons. The molecule has 1 aliphatic rings. The van der Waals surface area contributed by atoms with Gasteiger partial charge < -0.3 is 15.0 Å². The van der Waals surface area contributed by atoms with E-state index in [1.807, 2.05) is 54.1 Å². The summed E-state index contributed by atoms with van der Waals surface area (Å²) in [5, 5.41) is 17.3. The highest BCUT2D eigenvalue weighted by Gasteiger charge is 2.35. The van der Waals surface area contributed by atoms with Crippen molar-refractivity contribution in [3.05, 3.63) is 101 Å². The number of aryl methyl sites for hydroxylation is 1. The van der Waals surface area contributed by atoms with Crippen LogP contribution in [0.1, 0.15) is 34.1 Å². The second kappa shape index (κ2) is 7.46. The van der Waals surface area contributed by atoms with E-state index in [4.69, 9.17) is 10.5 Å². The van der Waals surface area contributed by atoms with Gasteiger partial charge in [-0.1, -0.05) is 12.1 Å². The summed E-state index contributed by atoms with van der Waals surface area (Å²) < 4.78 is 7.70. The van der Waals surface area contributed by atoms with Gasteiger partial charge in [0, 0.05) is 36.9 Å². The van der Waals surface area contributed by atoms with Crippen molar-refractivity contribution in [1.82, 2.24) is 24.7 Å². The van der Waals surface area contributed by atoms with Crippen LogP contribution in [0.5, 0.6) is 5.88 Å². The number of nitrogens with two attached hydrogens (primary N) is 1. The molecule has 1 atom stereocenters. The fraction of sp³-hybridized carbons (Fsp3) is 0.130. The molecule has 0 radical (unpaired) electrons. The Morgan fingerprint density at radius 3 is 2.61 bits per heavy atom. The average molecular weight is 409 g/mol. The fourth-order valence-electron chi connectivity index (χ4n) is 3.96. The predicted molar refractivity (Wildman–Crippen MR) is 113 cm³/mol. The van der Waals surface area contributed by atoms with Gasteiger partial charge in [0.25, 0.3) is 0 Å². The lowest BCUT2D eigenvalue weighted by atomic mass is 9.83. The van der Waals surface area contributed by atoms with Gasteiger partial charge in [-0.2, -0.15) is 10.4 Å². The summed E-state index contributed by atoms with van der Waals surface area (Å²) in [6.45, 7) is 1.95. The van der Waals surface area contributed by atoms with Crippen LogP contribution in [0.4, 0.5) is 0 Å². The van der Waals surface area contributed by atoms with Crippen molar-refractivity contribution in [3.8, 4) is 17.6 Å². The van der Waals surface area contributed by atoms with E-state index in [0.29, 0.717) is 17.9 Å². The Balaban J connectivity index is 1.59. The quantitative estimate of drug-likeness (QED) is 0.535. The zero-order valence-corrected chi connectivity index (χ0v) is 16.8. The van der Waals surface area contributed by atoms with Crippen molar-refractivity contribution in [2.45, 2.75) is 19.3 Å². The molecule has 1 aromatic carbocycles. The first kappa shape index (κ1) is 18.6. The maximum Gasteiger partial charge on any atom is 0.221 e. The molecule has 31 heavy (non-hydrogen) atoms. The Labute approximate surface area is 178 Å². The van der Waals surface area contributed by atoms with Crippen LogP contribution in [0.3, 0.4) is 0 Å². The number of imidazole rings is 1. The van der Waals surface area contributed by atoms with E-state index < -0.39 is 0 Å². The lowest BCUT2D eigenvalue weighted by Crippen LogP contribution is -2.21. The molecule has 5 rings (SSSR count). The number of hydrogen-bond acceptors (Lipinski definition) is 6. The topological polar surface area (TPSA) is 118 Å². The smallest absolute Gasteiger partial charge is 0.221 e. The van der Waals surface area contributed by atoms with Gasteiger partial charge in [-0.15, -0.1) is 0 Å². The molecule has 0 spiro atoms. The third kappa shape index (κ3) is 3.22. The van der Waals surface area contributed by atoms with Gasteiger partial charge in [0.2, 0.25) is 11.8 Å². The van der Waals surface area contributed by atoms with Crippen molar-refractivity contribution in [2.24, 2.45) is 5.73 Å². The van der Waals surface area contributed by atoms with Gasteiger partial charge in [-0.3, -0.25) is 4.98 Å². The van der Waals surface area contributed by atoms with Crippen molar-refractivity contribution >= 4 is 0 Å². The Hall–Kier alpha value is -4.38. The predicted octanol–water partition coefficient (Wildman–Crippen LogP) is 3.11. The minimum atomic E-state index is -0.373. The Morgan fingerprint density at radius 2 is 1.94 bits per heavy atom. The molecule has 0 saturated heterocycles. The molecule has 3 N–H and O–H groups in total. The van der Waals surface area contributed by atoms with Crippen molar-refractivity contribution in [3.63, 3.8) is 0 Å². The number of nitriles is 1. The number of H-pyrrole nitrogens is 1. The van der Waals surface area contributed by atoms with Gasteiger partial charge in [0.05, 0.1) is 17.2 Å². The molecule has 0 amide bonds. The normalized spacial score (nSPS) is 15.3. The maximum absolute atomic E-state index is 9.86. The van der Waals surface area contributed by atoms with Gasteiger partial charge in [0.15, 0.2) is 0 Å². The van der Waals surface area contributed by atoms with Crippen LogP contribution in [0.15, 0.2) is 72.6 Å². The molecule has 3 aromatic heterocycles. The highest BCUT2D eigenvalue weighted by atomic mass is 16.5. The Kier molecular flexibility index (Phi) is 4.49. The summed E-state index contributed by atoms with van der Waals surface area (Å²) in [6, 6.07) is 14.1. The lowest BCUT2D eigenvalue weighted by Gasteiger charge is -2.24. The molecule has 1 unspecified atom stereocenters. The molecule has 1 aliphatic heterocycles. The summed E-state index contributed by atoms with van der Waals surface area (Å²) in [7, 11) is 0. The summed E-state index contributed by atoms with van der Waals surface area (Å²) in [5.41, 5.74) is 11.1. The number of aromatic amines is 1. The number of nitrogens with one attached hydrogen (secondary N) is 1. The van der Waals surface area contributed by atoms with E-state index >= 15 is 0 Å². The molecular formula is C23H19N7O. The largest absolute Gasteiger partial charge is 0.422 e. The van der Waals surface area contributed by atoms with E-state index in [2.05, 4.69) is 26.2 Å². The Bertz CT molecular complexity index is 1310. The van der Waals surface area contributed by atoms with Crippen LogP contribution in [0, 0.1) is 18.3 Å². The van der Waals surface area contributed by atoms with Gasteiger partial charge in [-0.25, -0.2) is 10.1 Å². The van der Waals surface area contributed by atoms with Crippen LogP contribution < -0.4 is 10.5 Å². The van der Waals surface area contributed by atoms with E-state index in [1.165, 1.54) is 0 Å². The molecule has 0 aliphatic carbocycles. The number of ether oxygens (including phenoxy) is 1. The second-order valence-corrected chi connectivity index (χ2v) is 7.31. The minimum Gasteiger partial charge on any atom is -0.422 e. The summed E-state index contributed by atoms with van der Waals surface area (Å²) in [6.07, 6.45) is 7.76. The third-order valence-electron chi connectivity index (χ3n) is 5.47. The van der Waals surface area contributed by atoms with E-state index in [1.54, 1.807) is 18.6 Å². The maximum atomic E-state index is 9.86. The number of pyridine rings is 1. The van der Waals surface area contributed by atoms with Crippen molar-refractivity contribution in [1.29, 1.82) is 5.26 Å². The lowest BCUT2D eigenvalue weighted by molar-refractivity contribution is 0.378. The van der Waals surface area contributed by atoms with Crippen LogP contribution >= 0.6 is 0 Å². The second-order valence-electron chi connectivity index (χ2n) is 7.31. The van der Waals surface area contributed by atoms with E-state index in [9.17, 15) is 5.26 Å². The van der Waals surface area contributed by atoms with E-state index in [-0.39, 0.29) is 11.8 Å². The average Bonchev–Trinajstić information content (AvgIpc) is 3.39. The summed E-state index contributed by atoms with van der Waals surface area (Å²) in [4.78, 5) is 8.35. The fourth-order valence-corrected chi connectivity index (χ4v) is 3.96.